The number of aromatic amines is 1. The Balaban J connectivity index is 1.41. The van der Waals surface area contributed by atoms with Crippen molar-refractivity contribution >= 4 is 17.1 Å². The van der Waals surface area contributed by atoms with Gasteiger partial charge in [0.1, 0.15) is 5.82 Å². The Hall–Kier alpha value is -2.82. The van der Waals surface area contributed by atoms with Gasteiger partial charge >= 0.3 is 6.03 Å². The van der Waals surface area contributed by atoms with Crippen LogP contribution in [0.15, 0.2) is 48.5 Å². The Morgan fingerprint density at radius 3 is 2.81 bits per heavy atom. The molecule has 0 bridgehead atoms. The van der Waals surface area contributed by atoms with Crippen LogP contribution in [0.1, 0.15) is 36.2 Å². The van der Waals surface area contributed by atoms with Crippen molar-refractivity contribution < 1.29 is 4.79 Å². The zero-order chi connectivity index (χ0) is 18.1. The van der Waals surface area contributed by atoms with Crippen LogP contribution in [0.25, 0.3) is 11.0 Å². The first-order valence-electron chi connectivity index (χ1n) is 9.17. The molecule has 2 aromatic carbocycles. The number of para-hydroxylation sites is 1. The number of carbonyl (C=O) groups is 1. The van der Waals surface area contributed by atoms with Crippen LogP contribution in [-0.2, 0) is 6.54 Å². The predicted molar refractivity (Wildman–Crippen MR) is 103 cm³/mol. The molecule has 26 heavy (non-hydrogen) atoms. The minimum absolute atomic E-state index is 0.0203. The molecule has 2 N–H and O–H groups in total. The summed E-state index contributed by atoms with van der Waals surface area (Å²) in [5, 5.41) is 3.02. The fourth-order valence-corrected chi connectivity index (χ4v) is 3.94. The first-order chi connectivity index (χ1) is 12.6. The van der Waals surface area contributed by atoms with E-state index in [-0.39, 0.29) is 12.1 Å². The van der Waals surface area contributed by atoms with Gasteiger partial charge in [0.05, 0.1) is 17.6 Å². The zero-order valence-electron chi connectivity index (χ0n) is 15.2. The Bertz CT molecular complexity index is 918. The number of H-pyrrole nitrogens is 1. The maximum atomic E-state index is 12.7. The standard InChI is InChI=1S/C21H24N4O/c1-14-7-6-10-18-20(14)24-19(23-18)13-22-21(26)25-12-11-17(15(25)2)16-8-4-3-5-9-16/h3-10,15,17H,11-13H2,1-2H3,(H,22,26)(H,23,24). The van der Waals surface area contributed by atoms with Crippen molar-refractivity contribution in [1.29, 1.82) is 0 Å². The van der Waals surface area contributed by atoms with Gasteiger partial charge in [-0.1, -0.05) is 42.5 Å². The molecule has 1 aliphatic heterocycles. The van der Waals surface area contributed by atoms with E-state index in [0.29, 0.717) is 12.5 Å². The number of rotatable bonds is 3. The minimum Gasteiger partial charge on any atom is -0.340 e. The summed E-state index contributed by atoms with van der Waals surface area (Å²) in [6.07, 6.45) is 1.00. The number of aryl methyl sites for hydroxylation is 1. The number of amides is 2. The highest BCUT2D eigenvalue weighted by atomic mass is 16.2. The lowest BCUT2D eigenvalue weighted by Crippen LogP contribution is -2.42. The summed E-state index contributed by atoms with van der Waals surface area (Å²) in [6.45, 7) is 5.37. The van der Waals surface area contributed by atoms with Crippen molar-refractivity contribution in [2.45, 2.75) is 38.8 Å². The average molecular weight is 348 g/mol. The quantitative estimate of drug-likeness (QED) is 0.753. The summed E-state index contributed by atoms with van der Waals surface area (Å²) in [4.78, 5) is 22.5. The van der Waals surface area contributed by atoms with E-state index in [0.717, 1.165) is 35.4 Å². The van der Waals surface area contributed by atoms with Gasteiger partial charge in [0.15, 0.2) is 0 Å². The molecule has 0 saturated carbocycles. The number of fused-ring (bicyclic) bond motifs is 1. The monoisotopic (exact) mass is 348 g/mol. The van der Waals surface area contributed by atoms with Crippen molar-refractivity contribution in [3.8, 4) is 0 Å². The molecule has 5 heteroatoms. The molecule has 0 spiro atoms. The molecular formula is C21H24N4O. The normalized spacial score (nSPS) is 19.8. The zero-order valence-corrected chi connectivity index (χ0v) is 15.2. The molecule has 1 aliphatic rings. The van der Waals surface area contributed by atoms with Crippen LogP contribution in [0.3, 0.4) is 0 Å². The Morgan fingerprint density at radius 2 is 2.04 bits per heavy atom. The van der Waals surface area contributed by atoms with Crippen LogP contribution in [0.4, 0.5) is 4.79 Å². The van der Waals surface area contributed by atoms with Gasteiger partial charge in [-0.3, -0.25) is 0 Å². The lowest BCUT2D eigenvalue weighted by atomic mass is 9.93. The van der Waals surface area contributed by atoms with Crippen LogP contribution in [0.5, 0.6) is 0 Å². The average Bonchev–Trinajstić information content (AvgIpc) is 3.25. The maximum absolute atomic E-state index is 12.7. The van der Waals surface area contributed by atoms with E-state index < -0.39 is 0 Å². The Labute approximate surface area is 153 Å². The van der Waals surface area contributed by atoms with Crippen molar-refractivity contribution in [2.24, 2.45) is 0 Å². The van der Waals surface area contributed by atoms with Crippen LogP contribution >= 0.6 is 0 Å². The van der Waals surface area contributed by atoms with Gasteiger partial charge in [0, 0.05) is 18.5 Å². The van der Waals surface area contributed by atoms with Crippen LogP contribution in [0, 0.1) is 6.92 Å². The largest absolute Gasteiger partial charge is 0.340 e. The molecule has 5 nitrogen and oxygen atoms in total. The molecule has 1 saturated heterocycles. The van der Waals surface area contributed by atoms with Crippen molar-refractivity contribution in [1.82, 2.24) is 20.2 Å². The number of hydrogen-bond donors (Lipinski definition) is 2. The van der Waals surface area contributed by atoms with Gasteiger partial charge in [-0.15, -0.1) is 0 Å². The topological polar surface area (TPSA) is 61.0 Å². The van der Waals surface area contributed by atoms with Crippen molar-refractivity contribution in [3.05, 3.63) is 65.5 Å². The molecule has 2 atom stereocenters. The summed E-state index contributed by atoms with van der Waals surface area (Å²) in [6, 6.07) is 16.7. The van der Waals surface area contributed by atoms with E-state index in [1.165, 1.54) is 5.56 Å². The van der Waals surface area contributed by atoms with Gasteiger partial charge in [-0.05, 0) is 37.5 Å². The van der Waals surface area contributed by atoms with Crippen molar-refractivity contribution in [3.63, 3.8) is 0 Å². The third-order valence-corrected chi connectivity index (χ3v) is 5.41. The predicted octanol–water partition coefficient (Wildman–Crippen LogP) is 3.96. The molecule has 2 amide bonds. The molecule has 1 fully saturated rings. The van der Waals surface area contributed by atoms with Gasteiger partial charge in [-0.25, -0.2) is 9.78 Å². The number of benzene rings is 2. The number of likely N-dealkylation sites (tertiary alicyclic amines) is 1. The van der Waals surface area contributed by atoms with Crippen LogP contribution in [0.2, 0.25) is 0 Å². The smallest absolute Gasteiger partial charge is 0.318 e. The summed E-state index contributed by atoms with van der Waals surface area (Å²) in [5.74, 6) is 1.19. The fraction of sp³-hybridized carbons (Fsp3) is 0.333. The molecule has 134 valence electrons. The Kier molecular flexibility index (Phi) is 4.37. The van der Waals surface area contributed by atoms with E-state index in [2.05, 4.69) is 46.5 Å². The van der Waals surface area contributed by atoms with Crippen LogP contribution < -0.4 is 5.32 Å². The van der Waals surface area contributed by atoms with E-state index in [1.807, 2.05) is 36.1 Å². The first kappa shape index (κ1) is 16.6. The number of nitrogens with one attached hydrogen (secondary N) is 2. The summed E-state index contributed by atoms with van der Waals surface area (Å²) < 4.78 is 0. The number of urea groups is 1. The molecule has 3 aromatic rings. The summed E-state index contributed by atoms with van der Waals surface area (Å²) in [7, 11) is 0. The number of hydrogen-bond acceptors (Lipinski definition) is 2. The van der Waals surface area contributed by atoms with E-state index in [9.17, 15) is 4.79 Å². The SMILES string of the molecule is Cc1cccc2[nH]c(CNC(=O)N3CCC(c4ccccc4)C3C)nc12. The van der Waals surface area contributed by atoms with Gasteiger partial charge in [0.2, 0.25) is 0 Å². The molecular weight excluding hydrogens is 324 g/mol. The molecule has 0 radical (unpaired) electrons. The highest BCUT2D eigenvalue weighted by Crippen LogP contribution is 2.33. The lowest BCUT2D eigenvalue weighted by molar-refractivity contribution is 0.193. The molecule has 4 rings (SSSR count). The number of imidazole rings is 1. The number of carbonyl (C=O) groups excluding carboxylic acids is 1. The summed E-state index contributed by atoms with van der Waals surface area (Å²) in [5.41, 5.74) is 4.42. The highest BCUT2D eigenvalue weighted by molar-refractivity contribution is 5.79. The minimum atomic E-state index is -0.0203. The van der Waals surface area contributed by atoms with E-state index in [4.69, 9.17) is 0 Å². The highest BCUT2D eigenvalue weighted by Gasteiger charge is 2.34. The molecule has 2 unspecified atom stereocenters. The molecule has 2 heterocycles. The van der Waals surface area contributed by atoms with Gasteiger partial charge in [-0.2, -0.15) is 0 Å². The van der Waals surface area contributed by atoms with Crippen LogP contribution in [-0.4, -0.2) is 33.5 Å². The Morgan fingerprint density at radius 1 is 1.23 bits per heavy atom. The second kappa shape index (κ2) is 6.83. The third kappa shape index (κ3) is 3.05. The van der Waals surface area contributed by atoms with Gasteiger partial charge < -0.3 is 15.2 Å². The number of nitrogens with zero attached hydrogens (tertiary/aromatic N) is 2. The molecule has 0 aliphatic carbocycles. The number of aromatic nitrogens is 2. The van der Waals surface area contributed by atoms with E-state index >= 15 is 0 Å². The van der Waals surface area contributed by atoms with E-state index in [1.54, 1.807) is 0 Å². The molecule has 1 aromatic heterocycles. The second-order valence-electron chi connectivity index (χ2n) is 7.05. The summed E-state index contributed by atoms with van der Waals surface area (Å²) >= 11 is 0. The first-order valence-corrected chi connectivity index (χ1v) is 9.17. The van der Waals surface area contributed by atoms with Gasteiger partial charge in [0.25, 0.3) is 0 Å². The fourth-order valence-electron chi connectivity index (χ4n) is 3.94. The third-order valence-electron chi connectivity index (χ3n) is 5.41. The van der Waals surface area contributed by atoms with Crippen molar-refractivity contribution in [2.75, 3.05) is 6.54 Å². The lowest BCUT2D eigenvalue weighted by Gasteiger charge is -2.25. The maximum Gasteiger partial charge on any atom is 0.318 e. The second-order valence-corrected chi connectivity index (χ2v) is 7.05.